The number of aliphatic hydroxyl groups excluding tert-OH is 1. The minimum absolute atomic E-state index is 0.0866. The van der Waals surface area contributed by atoms with Crippen molar-refractivity contribution in [3.8, 4) is 0 Å². The molecule has 3 N–H and O–H groups in total. The van der Waals surface area contributed by atoms with Crippen molar-refractivity contribution in [3.63, 3.8) is 0 Å². The van der Waals surface area contributed by atoms with E-state index in [1.807, 2.05) is 23.9 Å². The number of nitrogens with two attached hydrogens (primary N) is 1. The van der Waals surface area contributed by atoms with E-state index in [0.29, 0.717) is 6.54 Å². The van der Waals surface area contributed by atoms with Crippen molar-refractivity contribution >= 4 is 23.1 Å². The zero-order valence-corrected chi connectivity index (χ0v) is 12.8. The first kappa shape index (κ1) is 14.1. The topological polar surface area (TPSA) is 59.1 Å². The Labute approximate surface area is 127 Å². The Balaban J connectivity index is 1.86. The summed E-state index contributed by atoms with van der Waals surface area (Å²) in [5.41, 5.74) is 8.27. The molecule has 3 rings (SSSR count). The molecule has 2 aromatic heterocycles. The lowest BCUT2D eigenvalue weighted by molar-refractivity contribution is 0.151. The van der Waals surface area contributed by atoms with Crippen LogP contribution in [-0.2, 0) is 12.2 Å². The monoisotopic (exact) mass is 306 g/mol. The van der Waals surface area contributed by atoms with Gasteiger partial charge in [0.2, 0.25) is 0 Å². The first-order valence-electron chi connectivity index (χ1n) is 6.77. The number of aliphatic hydroxyl groups is 1. The highest BCUT2D eigenvalue weighted by Crippen LogP contribution is 2.38. The predicted molar refractivity (Wildman–Crippen MR) is 85.2 cm³/mol. The minimum atomic E-state index is -0.537. The Kier molecular flexibility index (Phi) is 4.41. The summed E-state index contributed by atoms with van der Waals surface area (Å²) in [7, 11) is 0. The maximum atomic E-state index is 10.7. The van der Waals surface area contributed by atoms with Crippen molar-refractivity contribution in [2.45, 2.75) is 24.2 Å². The third-order valence-corrected chi connectivity index (χ3v) is 6.00. The highest BCUT2D eigenvalue weighted by molar-refractivity contribution is 7.98. The van der Waals surface area contributed by atoms with Crippen molar-refractivity contribution < 1.29 is 5.11 Å². The van der Waals surface area contributed by atoms with Crippen LogP contribution in [0.1, 0.15) is 32.9 Å². The van der Waals surface area contributed by atoms with Gasteiger partial charge in [-0.15, -0.1) is 11.3 Å². The molecule has 0 amide bonds. The summed E-state index contributed by atoms with van der Waals surface area (Å²) in [4.78, 5) is 6.60. The lowest BCUT2D eigenvalue weighted by atomic mass is 9.93. The van der Waals surface area contributed by atoms with Crippen LogP contribution in [0.5, 0.6) is 0 Å². The van der Waals surface area contributed by atoms with Gasteiger partial charge < -0.3 is 10.8 Å². The van der Waals surface area contributed by atoms with Gasteiger partial charge in [-0.05, 0) is 35.4 Å². The standard InChI is InChI=1S/C15H18N2OS2/c16-7-12(10-2-1-4-17-8-10)15(18)14-6-11-9-19-5-3-13(11)20-14/h1-2,4,6,8,12,15,18H,3,5,7,9,16H2. The molecule has 3 heterocycles. The lowest BCUT2D eigenvalue weighted by Gasteiger charge is -2.20. The number of aryl methyl sites for hydroxylation is 1. The zero-order chi connectivity index (χ0) is 13.9. The molecular formula is C15H18N2OS2. The van der Waals surface area contributed by atoms with Gasteiger partial charge in [0, 0.05) is 40.4 Å². The quantitative estimate of drug-likeness (QED) is 0.912. The molecule has 2 aromatic rings. The maximum Gasteiger partial charge on any atom is 0.0963 e. The van der Waals surface area contributed by atoms with E-state index in [1.54, 1.807) is 23.7 Å². The fourth-order valence-electron chi connectivity index (χ4n) is 2.56. The summed E-state index contributed by atoms with van der Waals surface area (Å²) in [5.74, 6) is 2.17. The van der Waals surface area contributed by atoms with Gasteiger partial charge in [-0.1, -0.05) is 6.07 Å². The SMILES string of the molecule is NCC(c1cccnc1)C(O)c1cc2c(s1)CCSC2. The van der Waals surface area contributed by atoms with Gasteiger partial charge in [-0.25, -0.2) is 0 Å². The average molecular weight is 306 g/mol. The number of hydrogen-bond acceptors (Lipinski definition) is 5. The molecule has 0 saturated heterocycles. The summed E-state index contributed by atoms with van der Waals surface area (Å²) in [6, 6.07) is 6.04. The second-order valence-corrected chi connectivity index (χ2v) is 7.25. The molecule has 0 aromatic carbocycles. The van der Waals surface area contributed by atoms with Gasteiger partial charge in [0.15, 0.2) is 0 Å². The highest BCUT2D eigenvalue weighted by atomic mass is 32.2. The van der Waals surface area contributed by atoms with Gasteiger partial charge in [-0.3, -0.25) is 4.98 Å². The van der Waals surface area contributed by atoms with Crippen LogP contribution in [0.2, 0.25) is 0 Å². The molecule has 20 heavy (non-hydrogen) atoms. The molecule has 3 nitrogen and oxygen atoms in total. The van der Waals surface area contributed by atoms with E-state index in [2.05, 4.69) is 11.1 Å². The number of hydrogen-bond donors (Lipinski definition) is 2. The number of aromatic nitrogens is 1. The first-order chi connectivity index (χ1) is 9.79. The van der Waals surface area contributed by atoms with Crippen molar-refractivity contribution in [3.05, 3.63) is 51.5 Å². The van der Waals surface area contributed by atoms with Crippen molar-refractivity contribution in [2.75, 3.05) is 12.3 Å². The van der Waals surface area contributed by atoms with E-state index in [4.69, 9.17) is 5.73 Å². The van der Waals surface area contributed by atoms with E-state index in [9.17, 15) is 5.11 Å². The molecule has 0 saturated carbocycles. The molecule has 2 atom stereocenters. The molecule has 1 aliphatic heterocycles. The van der Waals surface area contributed by atoms with E-state index >= 15 is 0 Å². The molecule has 0 fully saturated rings. The van der Waals surface area contributed by atoms with Gasteiger partial charge >= 0.3 is 0 Å². The van der Waals surface area contributed by atoms with Crippen LogP contribution in [-0.4, -0.2) is 22.4 Å². The summed E-state index contributed by atoms with van der Waals surface area (Å²) in [5, 5.41) is 10.7. The molecular weight excluding hydrogens is 288 g/mol. The van der Waals surface area contributed by atoms with Crippen LogP contribution in [0, 0.1) is 0 Å². The van der Waals surface area contributed by atoms with Gasteiger partial charge in [-0.2, -0.15) is 11.8 Å². The van der Waals surface area contributed by atoms with E-state index in [1.165, 1.54) is 16.2 Å². The Hall–Kier alpha value is -0.880. The molecule has 5 heteroatoms. The molecule has 0 radical (unpaired) electrons. The van der Waals surface area contributed by atoms with Crippen LogP contribution in [0.4, 0.5) is 0 Å². The smallest absolute Gasteiger partial charge is 0.0963 e. The lowest BCUT2D eigenvalue weighted by Crippen LogP contribution is -2.19. The number of fused-ring (bicyclic) bond motifs is 1. The van der Waals surface area contributed by atoms with Crippen molar-refractivity contribution in [2.24, 2.45) is 5.73 Å². The van der Waals surface area contributed by atoms with E-state index in [0.717, 1.165) is 22.6 Å². The number of thiophene rings is 1. The van der Waals surface area contributed by atoms with Crippen molar-refractivity contribution in [1.29, 1.82) is 0 Å². The number of rotatable bonds is 4. The van der Waals surface area contributed by atoms with Crippen LogP contribution in [0.25, 0.3) is 0 Å². The number of thioether (sulfide) groups is 1. The van der Waals surface area contributed by atoms with Crippen LogP contribution in [0.3, 0.4) is 0 Å². The van der Waals surface area contributed by atoms with Gasteiger partial charge in [0.05, 0.1) is 6.10 Å². The summed E-state index contributed by atoms with van der Waals surface area (Å²) < 4.78 is 0. The third-order valence-electron chi connectivity index (χ3n) is 3.69. The molecule has 2 unspecified atom stereocenters. The van der Waals surface area contributed by atoms with E-state index in [-0.39, 0.29) is 5.92 Å². The minimum Gasteiger partial charge on any atom is -0.387 e. The number of pyridine rings is 1. The second kappa shape index (κ2) is 6.26. The number of nitrogens with zero attached hydrogens (tertiary/aromatic N) is 1. The Bertz CT molecular complexity index is 547. The van der Waals surface area contributed by atoms with Crippen LogP contribution < -0.4 is 5.73 Å². The molecule has 0 aliphatic carbocycles. The van der Waals surface area contributed by atoms with Gasteiger partial charge in [0.25, 0.3) is 0 Å². The Morgan fingerprint density at radius 1 is 1.45 bits per heavy atom. The van der Waals surface area contributed by atoms with Crippen molar-refractivity contribution in [1.82, 2.24) is 4.98 Å². The Morgan fingerprint density at radius 3 is 3.05 bits per heavy atom. The summed E-state index contributed by atoms with van der Waals surface area (Å²) in [6.45, 7) is 0.421. The zero-order valence-electron chi connectivity index (χ0n) is 11.2. The molecule has 106 valence electrons. The predicted octanol–water partition coefficient (Wildman–Crippen LogP) is 2.71. The summed E-state index contributed by atoms with van der Waals surface area (Å²) in [6.07, 6.45) is 4.12. The first-order valence-corrected chi connectivity index (χ1v) is 8.74. The molecule has 0 spiro atoms. The largest absolute Gasteiger partial charge is 0.387 e. The fraction of sp³-hybridized carbons (Fsp3) is 0.400. The van der Waals surface area contributed by atoms with Crippen LogP contribution in [0.15, 0.2) is 30.6 Å². The second-order valence-electron chi connectivity index (χ2n) is 4.97. The van der Waals surface area contributed by atoms with Gasteiger partial charge in [0.1, 0.15) is 0 Å². The average Bonchev–Trinajstić information content (AvgIpc) is 2.93. The summed E-state index contributed by atoms with van der Waals surface area (Å²) >= 11 is 3.71. The Morgan fingerprint density at radius 2 is 2.35 bits per heavy atom. The molecule has 0 bridgehead atoms. The normalized spacial score (nSPS) is 17.5. The van der Waals surface area contributed by atoms with E-state index < -0.39 is 6.10 Å². The third kappa shape index (κ3) is 2.76. The maximum absolute atomic E-state index is 10.7. The fourth-order valence-corrected chi connectivity index (χ4v) is 4.98. The highest BCUT2D eigenvalue weighted by Gasteiger charge is 2.25. The van der Waals surface area contributed by atoms with Crippen LogP contribution >= 0.6 is 23.1 Å². The molecule has 1 aliphatic rings.